The summed E-state index contributed by atoms with van der Waals surface area (Å²) in [6.07, 6.45) is 0. The molecule has 7 nitrogen and oxygen atoms in total. The van der Waals surface area contributed by atoms with E-state index in [2.05, 4.69) is 13.8 Å². The van der Waals surface area contributed by atoms with E-state index in [1.807, 2.05) is 13.0 Å². The van der Waals surface area contributed by atoms with Crippen LogP contribution in [0.5, 0.6) is 17.2 Å². The van der Waals surface area contributed by atoms with Crippen molar-refractivity contribution in [1.82, 2.24) is 0 Å². The first-order valence-electron chi connectivity index (χ1n) is 12.1. The number of nitrogens with zero attached hydrogens (tertiary/aromatic N) is 1. The van der Waals surface area contributed by atoms with E-state index < -0.39 is 17.7 Å². The van der Waals surface area contributed by atoms with Crippen molar-refractivity contribution in [2.75, 3.05) is 25.7 Å². The molecule has 0 aliphatic carbocycles. The summed E-state index contributed by atoms with van der Waals surface area (Å²) in [5.74, 6) is 0.164. The van der Waals surface area contributed by atoms with Crippen LogP contribution in [0.2, 0.25) is 0 Å². The van der Waals surface area contributed by atoms with Crippen LogP contribution in [-0.4, -0.2) is 37.6 Å². The van der Waals surface area contributed by atoms with Crippen molar-refractivity contribution in [3.63, 3.8) is 0 Å². The van der Waals surface area contributed by atoms with Crippen LogP contribution < -0.4 is 19.1 Å². The SMILES string of the molecule is COc1cccc(C2/C(=C(\O)c3cc(C)ccc3OC)C(=O)C(=O)N2c2ccc(OCC(C)C)cc2)c1. The van der Waals surface area contributed by atoms with E-state index in [0.717, 1.165) is 5.56 Å². The highest BCUT2D eigenvalue weighted by molar-refractivity contribution is 6.51. The van der Waals surface area contributed by atoms with Crippen LogP contribution in [0.4, 0.5) is 5.69 Å². The van der Waals surface area contributed by atoms with Crippen LogP contribution >= 0.6 is 0 Å². The van der Waals surface area contributed by atoms with Gasteiger partial charge in [-0.1, -0.05) is 37.6 Å². The minimum absolute atomic E-state index is 0.0257. The molecule has 37 heavy (non-hydrogen) atoms. The second-order valence-corrected chi connectivity index (χ2v) is 9.35. The van der Waals surface area contributed by atoms with Crippen molar-refractivity contribution in [3.05, 3.63) is 89.0 Å². The van der Waals surface area contributed by atoms with E-state index >= 15 is 0 Å². The lowest BCUT2D eigenvalue weighted by Gasteiger charge is -2.26. The van der Waals surface area contributed by atoms with Crippen molar-refractivity contribution in [2.45, 2.75) is 26.8 Å². The second kappa shape index (κ2) is 10.8. The van der Waals surface area contributed by atoms with Gasteiger partial charge in [-0.2, -0.15) is 0 Å². The van der Waals surface area contributed by atoms with Gasteiger partial charge < -0.3 is 19.3 Å². The first-order chi connectivity index (χ1) is 17.7. The summed E-state index contributed by atoms with van der Waals surface area (Å²) in [5.41, 5.74) is 2.30. The summed E-state index contributed by atoms with van der Waals surface area (Å²) in [5, 5.41) is 11.5. The largest absolute Gasteiger partial charge is 0.507 e. The molecule has 0 bridgehead atoms. The number of hydrogen-bond acceptors (Lipinski definition) is 6. The summed E-state index contributed by atoms with van der Waals surface area (Å²) in [6, 6.07) is 18.5. The van der Waals surface area contributed by atoms with Crippen LogP contribution in [0.15, 0.2) is 72.3 Å². The van der Waals surface area contributed by atoms with E-state index in [9.17, 15) is 14.7 Å². The average molecular weight is 502 g/mol. The van der Waals surface area contributed by atoms with Gasteiger partial charge >= 0.3 is 0 Å². The average Bonchev–Trinajstić information content (AvgIpc) is 3.17. The van der Waals surface area contributed by atoms with Gasteiger partial charge in [-0.15, -0.1) is 0 Å². The molecule has 0 spiro atoms. The molecule has 0 aromatic heterocycles. The Morgan fingerprint density at radius 2 is 1.68 bits per heavy atom. The molecule has 192 valence electrons. The Labute approximate surface area is 216 Å². The Morgan fingerprint density at radius 3 is 2.32 bits per heavy atom. The van der Waals surface area contributed by atoms with Crippen LogP contribution in [0.1, 0.15) is 36.6 Å². The number of aliphatic hydroxyl groups excluding tert-OH is 1. The topological polar surface area (TPSA) is 85.3 Å². The standard InChI is InChI=1S/C30H31NO6/c1-18(2)17-37-22-12-10-21(11-13-22)31-27(20-7-6-8-23(16-20)35-4)26(29(33)30(31)34)28(32)24-15-19(3)9-14-25(24)36-5/h6-16,18,27,32H,17H2,1-5H3/b28-26+. The van der Waals surface area contributed by atoms with E-state index in [1.165, 1.54) is 12.0 Å². The minimum atomic E-state index is -0.886. The zero-order valence-corrected chi connectivity index (χ0v) is 21.6. The fraction of sp³-hybridized carbons (Fsp3) is 0.267. The lowest BCUT2D eigenvalue weighted by atomic mass is 9.94. The maximum absolute atomic E-state index is 13.5. The third-order valence-corrected chi connectivity index (χ3v) is 6.16. The zero-order chi connectivity index (χ0) is 26.7. The number of ketones is 1. The van der Waals surface area contributed by atoms with Crippen LogP contribution in [0, 0.1) is 12.8 Å². The van der Waals surface area contributed by atoms with Gasteiger partial charge in [0.05, 0.1) is 38.0 Å². The zero-order valence-electron chi connectivity index (χ0n) is 21.6. The van der Waals surface area contributed by atoms with E-state index in [0.29, 0.717) is 46.6 Å². The molecule has 4 rings (SSSR count). The summed E-state index contributed by atoms with van der Waals surface area (Å²) in [4.78, 5) is 28.3. The molecule has 3 aromatic carbocycles. The van der Waals surface area contributed by atoms with Crippen LogP contribution in [0.3, 0.4) is 0 Å². The predicted octanol–water partition coefficient (Wildman–Crippen LogP) is 5.67. The fourth-order valence-electron chi connectivity index (χ4n) is 4.34. The molecule has 1 heterocycles. The van der Waals surface area contributed by atoms with Crippen molar-refractivity contribution in [3.8, 4) is 17.2 Å². The molecular formula is C30H31NO6. The second-order valence-electron chi connectivity index (χ2n) is 9.35. The van der Waals surface area contributed by atoms with Crippen molar-refractivity contribution >= 4 is 23.1 Å². The number of ether oxygens (including phenoxy) is 3. The highest BCUT2D eigenvalue weighted by Crippen LogP contribution is 2.44. The quantitative estimate of drug-likeness (QED) is 0.243. The molecule has 1 aliphatic heterocycles. The van der Waals surface area contributed by atoms with E-state index in [-0.39, 0.29) is 11.3 Å². The smallest absolute Gasteiger partial charge is 0.300 e. The number of amides is 1. The number of methoxy groups -OCH3 is 2. The number of carbonyl (C=O) groups excluding carboxylic acids is 2. The van der Waals surface area contributed by atoms with Crippen molar-refractivity contribution in [2.24, 2.45) is 5.92 Å². The van der Waals surface area contributed by atoms with Gasteiger partial charge in [0.2, 0.25) is 0 Å². The molecule has 1 N–H and O–H groups in total. The Kier molecular flexibility index (Phi) is 7.53. The Balaban J connectivity index is 1.88. The number of hydrogen-bond donors (Lipinski definition) is 1. The molecule has 1 saturated heterocycles. The van der Waals surface area contributed by atoms with Gasteiger partial charge in [0, 0.05) is 5.69 Å². The number of benzene rings is 3. The van der Waals surface area contributed by atoms with E-state index in [1.54, 1.807) is 67.8 Å². The van der Waals surface area contributed by atoms with E-state index in [4.69, 9.17) is 14.2 Å². The number of anilines is 1. The van der Waals surface area contributed by atoms with Gasteiger partial charge in [0.1, 0.15) is 23.0 Å². The van der Waals surface area contributed by atoms with Crippen LogP contribution in [-0.2, 0) is 9.59 Å². The first-order valence-corrected chi connectivity index (χ1v) is 12.1. The van der Waals surface area contributed by atoms with Gasteiger partial charge in [-0.25, -0.2) is 0 Å². The molecule has 0 saturated carbocycles. The molecule has 7 heteroatoms. The molecule has 3 aromatic rings. The van der Waals surface area contributed by atoms with Gasteiger partial charge in [-0.3, -0.25) is 14.5 Å². The Hall–Kier alpha value is -4.26. The lowest BCUT2D eigenvalue weighted by molar-refractivity contribution is -0.132. The normalized spacial score (nSPS) is 16.8. The molecule has 1 fully saturated rings. The maximum Gasteiger partial charge on any atom is 0.300 e. The summed E-state index contributed by atoms with van der Waals surface area (Å²) < 4.78 is 16.6. The number of aliphatic hydroxyl groups is 1. The number of carbonyl (C=O) groups is 2. The molecule has 1 amide bonds. The number of aryl methyl sites for hydroxylation is 1. The first kappa shape index (κ1) is 25.8. The predicted molar refractivity (Wildman–Crippen MR) is 142 cm³/mol. The van der Waals surface area contributed by atoms with Crippen LogP contribution in [0.25, 0.3) is 5.76 Å². The summed E-state index contributed by atoms with van der Waals surface area (Å²) >= 11 is 0. The third kappa shape index (κ3) is 5.16. The highest BCUT2D eigenvalue weighted by Gasteiger charge is 2.47. The van der Waals surface area contributed by atoms with Gasteiger partial charge in [-0.05, 0) is 66.9 Å². The molecule has 1 atom stereocenters. The highest BCUT2D eigenvalue weighted by atomic mass is 16.5. The number of rotatable bonds is 8. The Morgan fingerprint density at radius 1 is 0.946 bits per heavy atom. The molecular weight excluding hydrogens is 470 g/mol. The monoisotopic (exact) mass is 501 g/mol. The van der Waals surface area contributed by atoms with Crippen molar-refractivity contribution in [1.29, 1.82) is 0 Å². The van der Waals surface area contributed by atoms with Crippen molar-refractivity contribution < 1.29 is 28.9 Å². The summed E-state index contributed by atoms with van der Waals surface area (Å²) in [7, 11) is 3.03. The minimum Gasteiger partial charge on any atom is -0.507 e. The van der Waals surface area contributed by atoms with Gasteiger partial charge in [0.25, 0.3) is 11.7 Å². The molecule has 1 unspecified atom stereocenters. The number of Topliss-reactive ketones (excluding diaryl/α,β-unsaturated/α-hetero) is 1. The third-order valence-electron chi connectivity index (χ3n) is 6.16. The fourth-order valence-corrected chi connectivity index (χ4v) is 4.34. The molecule has 0 radical (unpaired) electrons. The lowest BCUT2D eigenvalue weighted by Crippen LogP contribution is -2.29. The maximum atomic E-state index is 13.5. The van der Waals surface area contributed by atoms with Gasteiger partial charge in [0.15, 0.2) is 0 Å². The summed E-state index contributed by atoms with van der Waals surface area (Å²) in [6.45, 7) is 6.56. The molecule has 1 aliphatic rings. The Bertz CT molecular complexity index is 1340.